The van der Waals surface area contributed by atoms with Crippen molar-refractivity contribution in [2.24, 2.45) is 0 Å². The number of nitrogens with one attached hydrogen (secondary N) is 1. The molecule has 3 N–H and O–H groups in total. The summed E-state index contributed by atoms with van der Waals surface area (Å²) in [6, 6.07) is 6.65. The van der Waals surface area contributed by atoms with Gasteiger partial charge < -0.3 is 15.5 Å². The molecule has 20 heavy (non-hydrogen) atoms. The highest BCUT2D eigenvalue weighted by atomic mass is 16.3. The van der Waals surface area contributed by atoms with E-state index in [1.54, 1.807) is 24.4 Å². The van der Waals surface area contributed by atoms with Crippen LogP contribution in [0.4, 0.5) is 5.82 Å². The van der Waals surface area contributed by atoms with E-state index in [9.17, 15) is 10.2 Å². The third-order valence-electron chi connectivity index (χ3n) is 2.88. The van der Waals surface area contributed by atoms with Gasteiger partial charge in [-0.25, -0.2) is 9.97 Å². The first-order valence-electron chi connectivity index (χ1n) is 6.45. The maximum Gasteiger partial charge on any atom is 0.162 e. The van der Waals surface area contributed by atoms with Crippen LogP contribution >= 0.6 is 0 Å². The molecule has 1 heterocycles. The Balaban J connectivity index is 2.13. The van der Waals surface area contributed by atoms with E-state index in [2.05, 4.69) is 15.3 Å². The summed E-state index contributed by atoms with van der Waals surface area (Å²) in [4.78, 5) is 8.70. The number of hydrogen-bond acceptors (Lipinski definition) is 5. The lowest BCUT2D eigenvalue weighted by atomic mass is 9.96. The van der Waals surface area contributed by atoms with Gasteiger partial charge in [0.15, 0.2) is 11.5 Å². The topological polar surface area (TPSA) is 78.3 Å². The van der Waals surface area contributed by atoms with Crippen molar-refractivity contribution in [2.45, 2.75) is 32.7 Å². The zero-order chi connectivity index (χ0) is 14.8. The number of aromatic nitrogens is 2. The van der Waals surface area contributed by atoms with Crippen LogP contribution in [-0.4, -0.2) is 20.2 Å². The molecule has 0 fully saturated rings. The lowest BCUT2D eigenvalue weighted by Gasteiger charge is -2.17. The summed E-state index contributed by atoms with van der Waals surface area (Å²) >= 11 is 0. The van der Waals surface area contributed by atoms with Crippen molar-refractivity contribution in [3.05, 3.63) is 41.9 Å². The summed E-state index contributed by atoms with van der Waals surface area (Å²) in [5, 5.41) is 22.3. The number of phenols is 2. The van der Waals surface area contributed by atoms with Gasteiger partial charge >= 0.3 is 0 Å². The first kappa shape index (κ1) is 14.1. The molecule has 0 bridgehead atoms. The first-order chi connectivity index (χ1) is 9.38. The van der Waals surface area contributed by atoms with Gasteiger partial charge in [-0.2, -0.15) is 0 Å². The molecule has 0 aliphatic carbocycles. The van der Waals surface area contributed by atoms with Crippen LogP contribution in [-0.2, 0) is 12.0 Å². The normalized spacial score (nSPS) is 11.3. The smallest absolute Gasteiger partial charge is 0.162 e. The van der Waals surface area contributed by atoms with Crippen LogP contribution in [0.15, 0.2) is 30.5 Å². The molecule has 0 atom stereocenters. The minimum Gasteiger partial charge on any atom is -0.504 e. The average molecular weight is 273 g/mol. The first-order valence-corrected chi connectivity index (χ1v) is 6.45. The summed E-state index contributed by atoms with van der Waals surface area (Å²) in [6.07, 6.45) is 1.71. The van der Waals surface area contributed by atoms with Gasteiger partial charge in [0.05, 0.1) is 0 Å². The lowest BCUT2D eigenvalue weighted by Crippen LogP contribution is -2.16. The molecule has 2 aromatic rings. The van der Waals surface area contributed by atoms with Gasteiger partial charge in [0.25, 0.3) is 0 Å². The summed E-state index contributed by atoms with van der Waals surface area (Å²) in [5.41, 5.74) is 0.492. The molecule has 0 spiro atoms. The standard InChI is InChI=1S/C15H19N3O2/c1-15(2,3)14-16-8-7-12(18-14)17-9-10-5-4-6-11(19)13(10)20/h4-8,19-20H,9H2,1-3H3,(H,16,17,18). The molecule has 5 heteroatoms. The van der Waals surface area contributed by atoms with Crippen LogP contribution in [0.3, 0.4) is 0 Å². The molecular formula is C15H19N3O2. The Bertz CT molecular complexity index is 606. The third-order valence-corrected chi connectivity index (χ3v) is 2.88. The predicted molar refractivity (Wildman–Crippen MR) is 77.8 cm³/mol. The molecule has 5 nitrogen and oxygen atoms in total. The molecule has 0 amide bonds. The van der Waals surface area contributed by atoms with E-state index in [0.717, 1.165) is 5.82 Å². The number of anilines is 1. The van der Waals surface area contributed by atoms with Crippen molar-refractivity contribution >= 4 is 5.82 Å². The largest absolute Gasteiger partial charge is 0.504 e. The van der Waals surface area contributed by atoms with Crippen molar-refractivity contribution in [3.8, 4) is 11.5 Å². The van der Waals surface area contributed by atoms with Gasteiger partial charge in [-0.15, -0.1) is 0 Å². The Kier molecular flexibility index (Phi) is 3.79. The summed E-state index contributed by atoms with van der Waals surface area (Å²) in [5.74, 6) is 1.21. The molecule has 0 saturated heterocycles. The van der Waals surface area contributed by atoms with E-state index < -0.39 is 0 Å². The van der Waals surface area contributed by atoms with E-state index >= 15 is 0 Å². The number of rotatable bonds is 3. The number of phenolic OH excluding ortho intramolecular Hbond substituents is 2. The fourth-order valence-electron chi connectivity index (χ4n) is 1.72. The summed E-state index contributed by atoms with van der Waals surface area (Å²) in [6.45, 7) is 6.52. The van der Waals surface area contributed by atoms with Crippen molar-refractivity contribution in [1.29, 1.82) is 0 Å². The molecule has 0 unspecified atom stereocenters. The monoisotopic (exact) mass is 273 g/mol. The van der Waals surface area contributed by atoms with Gasteiger partial charge in [0.2, 0.25) is 0 Å². The molecular weight excluding hydrogens is 254 g/mol. The van der Waals surface area contributed by atoms with Crippen LogP contribution in [0.25, 0.3) is 0 Å². The number of benzene rings is 1. The van der Waals surface area contributed by atoms with Crippen molar-refractivity contribution < 1.29 is 10.2 Å². The third kappa shape index (κ3) is 3.17. The maximum atomic E-state index is 9.74. The van der Waals surface area contributed by atoms with E-state index in [-0.39, 0.29) is 16.9 Å². The van der Waals surface area contributed by atoms with Gasteiger partial charge in [-0.05, 0) is 12.1 Å². The van der Waals surface area contributed by atoms with Crippen LogP contribution in [0, 0.1) is 0 Å². The maximum absolute atomic E-state index is 9.74. The number of hydrogen-bond donors (Lipinski definition) is 3. The van der Waals surface area contributed by atoms with Gasteiger partial charge in [-0.3, -0.25) is 0 Å². The summed E-state index contributed by atoms with van der Waals surface area (Å²) in [7, 11) is 0. The van der Waals surface area contributed by atoms with Crippen LogP contribution in [0.2, 0.25) is 0 Å². The zero-order valence-corrected chi connectivity index (χ0v) is 11.9. The zero-order valence-electron chi connectivity index (χ0n) is 11.9. The highest BCUT2D eigenvalue weighted by Crippen LogP contribution is 2.28. The molecule has 1 aromatic heterocycles. The van der Waals surface area contributed by atoms with Crippen LogP contribution in [0.1, 0.15) is 32.2 Å². The number of aromatic hydroxyl groups is 2. The van der Waals surface area contributed by atoms with E-state index in [0.29, 0.717) is 17.9 Å². The summed E-state index contributed by atoms with van der Waals surface area (Å²) < 4.78 is 0. The van der Waals surface area contributed by atoms with E-state index in [4.69, 9.17) is 0 Å². The van der Waals surface area contributed by atoms with E-state index in [1.807, 2.05) is 20.8 Å². The lowest BCUT2D eigenvalue weighted by molar-refractivity contribution is 0.400. The average Bonchev–Trinajstić information content (AvgIpc) is 2.40. The van der Waals surface area contributed by atoms with Crippen LogP contribution in [0.5, 0.6) is 11.5 Å². The van der Waals surface area contributed by atoms with Gasteiger partial charge in [0, 0.05) is 23.7 Å². The second kappa shape index (κ2) is 5.36. The molecule has 1 aromatic carbocycles. The Morgan fingerprint density at radius 1 is 1.15 bits per heavy atom. The minimum absolute atomic E-state index is 0.106. The molecule has 0 radical (unpaired) electrons. The Morgan fingerprint density at radius 3 is 2.60 bits per heavy atom. The second-order valence-electron chi connectivity index (χ2n) is 5.65. The SMILES string of the molecule is CC(C)(C)c1nccc(NCc2cccc(O)c2O)n1. The fourth-order valence-corrected chi connectivity index (χ4v) is 1.72. The Hall–Kier alpha value is -2.30. The predicted octanol–water partition coefficient (Wildman–Crippen LogP) is 2.80. The van der Waals surface area contributed by atoms with Gasteiger partial charge in [-0.1, -0.05) is 32.9 Å². The van der Waals surface area contributed by atoms with Crippen molar-refractivity contribution in [1.82, 2.24) is 9.97 Å². The van der Waals surface area contributed by atoms with Gasteiger partial charge in [0.1, 0.15) is 11.6 Å². The Labute approximate surface area is 118 Å². The molecule has 0 aliphatic heterocycles. The quantitative estimate of drug-likeness (QED) is 0.749. The Morgan fingerprint density at radius 2 is 1.90 bits per heavy atom. The molecule has 2 rings (SSSR count). The highest BCUT2D eigenvalue weighted by molar-refractivity contribution is 5.46. The molecule has 0 aliphatic rings. The van der Waals surface area contributed by atoms with Crippen molar-refractivity contribution in [2.75, 3.05) is 5.32 Å². The highest BCUT2D eigenvalue weighted by Gasteiger charge is 2.17. The number of para-hydroxylation sites is 1. The molecule has 106 valence electrons. The molecule has 0 saturated carbocycles. The number of nitrogens with zero attached hydrogens (tertiary/aromatic N) is 2. The van der Waals surface area contributed by atoms with E-state index in [1.165, 1.54) is 6.07 Å². The van der Waals surface area contributed by atoms with Crippen LogP contribution < -0.4 is 5.32 Å². The fraction of sp³-hybridized carbons (Fsp3) is 0.333. The minimum atomic E-state index is -0.123. The second-order valence-corrected chi connectivity index (χ2v) is 5.65. The van der Waals surface area contributed by atoms with Crippen molar-refractivity contribution in [3.63, 3.8) is 0 Å².